The molecule has 0 aliphatic heterocycles. The monoisotopic (exact) mass is 345 g/mol. The van der Waals surface area contributed by atoms with Crippen molar-refractivity contribution in [2.24, 2.45) is 0 Å². The van der Waals surface area contributed by atoms with Crippen molar-refractivity contribution in [1.29, 1.82) is 0 Å². The zero-order valence-corrected chi connectivity index (χ0v) is 14.3. The van der Waals surface area contributed by atoms with Crippen LogP contribution >= 0.6 is 0 Å². The number of aromatic hydroxyl groups is 2. The average Bonchev–Trinajstić information content (AvgIpc) is 3.06. The van der Waals surface area contributed by atoms with Crippen LogP contribution in [0.15, 0.2) is 66.9 Å². The van der Waals surface area contributed by atoms with Crippen LogP contribution in [0.25, 0.3) is 10.9 Å². The number of benzene rings is 2. The first-order chi connectivity index (χ1) is 12.6. The zero-order chi connectivity index (χ0) is 18.1. The van der Waals surface area contributed by atoms with Gasteiger partial charge in [-0.25, -0.2) is 4.98 Å². The number of phenolic OH excluding ortho intramolecular Hbond substituents is 2. The number of fused-ring (bicyclic) bond motifs is 1. The molecule has 1 unspecified atom stereocenters. The largest absolute Gasteiger partial charge is 0.504 e. The Bertz CT molecular complexity index is 1070. The highest BCUT2D eigenvalue weighted by molar-refractivity contribution is 5.84. The Morgan fingerprint density at radius 1 is 0.923 bits per heavy atom. The highest BCUT2D eigenvalue weighted by atomic mass is 16.3. The second kappa shape index (κ2) is 6.44. The van der Waals surface area contributed by atoms with Crippen molar-refractivity contribution in [2.45, 2.75) is 13.0 Å². The highest BCUT2D eigenvalue weighted by Gasteiger charge is 2.22. The average molecular weight is 345 g/mol. The topological polar surface area (TPSA) is 81.2 Å². The van der Waals surface area contributed by atoms with Gasteiger partial charge in [-0.1, -0.05) is 36.4 Å². The number of phenols is 2. The van der Waals surface area contributed by atoms with Crippen LogP contribution in [0.1, 0.15) is 22.9 Å². The van der Waals surface area contributed by atoms with E-state index in [4.69, 9.17) is 0 Å². The number of nitrogens with zero attached hydrogens (tertiary/aromatic N) is 1. The first kappa shape index (κ1) is 16.0. The molecule has 5 nitrogen and oxygen atoms in total. The molecular weight excluding hydrogens is 326 g/mol. The smallest absolute Gasteiger partial charge is 0.163 e. The first-order valence-electron chi connectivity index (χ1n) is 8.40. The van der Waals surface area contributed by atoms with E-state index in [1.54, 1.807) is 12.1 Å². The van der Waals surface area contributed by atoms with Crippen LogP contribution in [0.5, 0.6) is 11.5 Å². The van der Waals surface area contributed by atoms with Gasteiger partial charge in [-0.05, 0) is 31.2 Å². The molecule has 26 heavy (non-hydrogen) atoms. The minimum atomic E-state index is -0.382. The third-order valence-corrected chi connectivity index (χ3v) is 4.47. The normalized spacial score (nSPS) is 12.2. The van der Waals surface area contributed by atoms with Crippen molar-refractivity contribution in [3.63, 3.8) is 0 Å². The second-order valence-electron chi connectivity index (χ2n) is 6.25. The molecule has 4 rings (SSSR count). The van der Waals surface area contributed by atoms with Crippen molar-refractivity contribution in [2.75, 3.05) is 5.32 Å². The summed E-state index contributed by atoms with van der Waals surface area (Å²) in [7, 11) is 0. The van der Waals surface area contributed by atoms with Crippen LogP contribution < -0.4 is 5.32 Å². The number of para-hydroxylation sites is 2. The molecule has 2 aromatic heterocycles. The number of aryl methyl sites for hydroxylation is 1. The van der Waals surface area contributed by atoms with Gasteiger partial charge in [-0.15, -0.1) is 0 Å². The molecule has 5 heteroatoms. The molecule has 4 aromatic rings. The van der Waals surface area contributed by atoms with Crippen LogP contribution in [0, 0.1) is 6.92 Å². The van der Waals surface area contributed by atoms with Gasteiger partial charge in [0.1, 0.15) is 5.82 Å². The summed E-state index contributed by atoms with van der Waals surface area (Å²) in [6, 6.07) is 18.3. The lowest BCUT2D eigenvalue weighted by atomic mass is 9.97. The van der Waals surface area contributed by atoms with E-state index in [1.807, 2.05) is 55.6 Å². The standard InChI is InChI=1S/C21H19N3O2/c1-13-6-4-11-19(23-13)24-20(15-8-5-10-18(25)21(15)26)16-12-22-17-9-3-2-7-14(16)17/h2-12,20,22,25-26H,1H3,(H,23,24). The van der Waals surface area contributed by atoms with E-state index in [1.165, 1.54) is 6.07 Å². The molecule has 0 saturated carbocycles. The second-order valence-corrected chi connectivity index (χ2v) is 6.25. The van der Waals surface area contributed by atoms with Gasteiger partial charge in [0.15, 0.2) is 11.5 Å². The number of H-pyrrole nitrogens is 1. The summed E-state index contributed by atoms with van der Waals surface area (Å²) >= 11 is 0. The molecular formula is C21H19N3O2. The minimum absolute atomic E-state index is 0.136. The quantitative estimate of drug-likeness (QED) is 0.411. The van der Waals surface area contributed by atoms with Gasteiger partial charge >= 0.3 is 0 Å². The van der Waals surface area contributed by atoms with E-state index < -0.39 is 0 Å². The summed E-state index contributed by atoms with van der Waals surface area (Å²) in [4.78, 5) is 7.78. The third-order valence-electron chi connectivity index (χ3n) is 4.47. The van der Waals surface area contributed by atoms with Crippen LogP contribution in [-0.4, -0.2) is 20.2 Å². The summed E-state index contributed by atoms with van der Waals surface area (Å²) < 4.78 is 0. The fourth-order valence-corrected chi connectivity index (χ4v) is 3.21. The molecule has 4 N–H and O–H groups in total. The predicted octanol–water partition coefficient (Wildman–Crippen LogP) is 4.48. The van der Waals surface area contributed by atoms with Gasteiger partial charge in [-0.3, -0.25) is 0 Å². The van der Waals surface area contributed by atoms with Gasteiger partial charge < -0.3 is 20.5 Å². The summed E-state index contributed by atoms with van der Waals surface area (Å²) in [5.41, 5.74) is 3.45. The molecule has 0 amide bonds. The summed E-state index contributed by atoms with van der Waals surface area (Å²) in [5, 5.41) is 24.9. The Balaban J connectivity index is 1.87. The number of hydrogen-bond acceptors (Lipinski definition) is 4. The number of aromatic amines is 1. The Kier molecular flexibility index (Phi) is 3.97. The van der Waals surface area contributed by atoms with E-state index in [0.717, 1.165) is 22.2 Å². The summed E-state index contributed by atoms with van der Waals surface area (Å²) in [6.07, 6.45) is 1.92. The van der Waals surface area contributed by atoms with Crippen molar-refractivity contribution in [3.05, 3.63) is 83.7 Å². The van der Waals surface area contributed by atoms with Crippen molar-refractivity contribution >= 4 is 16.7 Å². The third kappa shape index (κ3) is 2.84. The Morgan fingerprint density at radius 2 is 1.73 bits per heavy atom. The number of nitrogens with one attached hydrogen (secondary N) is 2. The lowest BCUT2D eigenvalue weighted by molar-refractivity contribution is 0.398. The first-order valence-corrected chi connectivity index (χ1v) is 8.40. The number of aromatic nitrogens is 2. The molecule has 130 valence electrons. The van der Waals surface area contributed by atoms with Crippen molar-refractivity contribution < 1.29 is 10.2 Å². The van der Waals surface area contributed by atoms with E-state index >= 15 is 0 Å². The zero-order valence-electron chi connectivity index (χ0n) is 14.3. The molecule has 0 fully saturated rings. The number of pyridine rings is 1. The van der Waals surface area contributed by atoms with E-state index in [2.05, 4.69) is 15.3 Å². The maximum absolute atomic E-state index is 10.5. The van der Waals surface area contributed by atoms with Crippen LogP contribution in [0.4, 0.5) is 5.82 Å². The SMILES string of the molecule is Cc1cccc(NC(c2cccc(O)c2O)c2c[nH]c3ccccc23)n1. The molecule has 0 bridgehead atoms. The summed E-state index contributed by atoms with van der Waals surface area (Å²) in [5.74, 6) is 0.414. The fourth-order valence-electron chi connectivity index (χ4n) is 3.21. The van der Waals surface area contributed by atoms with E-state index in [-0.39, 0.29) is 17.5 Å². The van der Waals surface area contributed by atoms with E-state index in [0.29, 0.717) is 11.4 Å². The molecule has 2 aromatic carbocycles. The molecule has 1 atom stereocenters. The number of hydrogen-bond donors (Lipinski definition) is 4. The van der Waals surface area contributed by atoms with Crippen molar-refractivity contribution in [3.8, 4) is 11.5 Å². The van der Waals surface area contributed by atoms with E-state index in [9.17, 15) is 10.2 Å². The maximum atomic E-state index is 10.5. The fraction of sp³-hybridized carbons (Fsp3) is 0.0952. The van der Waals surface area contributed by atoms with Gasteiger partial charge in [0, 0.05) is 33.9 Å². The highest BCUT2D eigenvalue weighted by Crippen LogP contribution is 2.39. The number of anilines is 1. The summed E-state index contributed by atoms with van der Waals surface area (Å²) in [6.45, 7) is 1.93. The Morgan fingerprint density at radius 3 is 2.58 bits per heavy atom. The molecule has 0 spiro atoms. The van der Waals surface area contributed by atoms with Crippen molar-refractivity contribution in [1.82, 2.24) is 9.97 Å². The van der Waals surface area contributed by atoms with Crippen LogP contribution in [-0.2, 0) is 0 Å². The molecule has 2 heterocycles. The lowest BCUT2D eigenvalue weighted by Gasteiger charge is -2.21. The van der Waals surface area contributed by atoms with Gasteiger partial charge in [0.25, 0.3) is 0 Å². The molecule has 0 radical (unpaired) electrons. The molecule has 0 saturated heterocycles. The van der Waals surface area contributed by atoms with Crippen LogP contribution in [0.2, 0.25) is 0 Å². The maximum Gasteiger partial charge on any atom is 0.163 e. The Labute approximate surface area is 151 Å². The number of rotatable bonds is 4. The lowest BCUT2D eigenvalue weighted by Crippen LogP contribution is -2.13. The predicted molar refractivity (Wildman–Crippen MR) is 103 cm³/mol. The van der Waals surface area contributed by atoms with Gasteiger partial charge in [-0.2, -0.15) is 0 Å². The van der Waals surface area contributed by atoms with Gasteiger partial charge in [0.2, 0.25) is 0 Å². The van der Waals surface area contributed by atoms with Crippen LogP contribution in [0.3, 0.4) is 0 Å². The van der Waals surface area contributed by atoms with Gasteiger partial charge in [0.05, 0.1) is 6.04 Å². The Hall–Kier alpha value is -3.47. The molecule has 0 aliphatic rings. The molecule has 0 aliphatic carbocycles. The minimum Gasteiger partial charge on any atom is -0.504 e.